The molecule has 0 spiro atoms. The summed E-state index contributed by atoms with van der Waals surface area (Å²) in [6, 6.07) is 19.6. The Hall–Kier alpha value is -3.17. The van der Waals surface area contributed by atoms with Gasteiger partial charge in [-0.3, -0.25) is 9.36 Å². The van der Waals surface area contributed by atoms with E-state index in [9.17, 15) is 9.59 Å². The van der Waals surface area contributed by atoms with Gasteiger partial charge in [-0.2, -0.15) is 0 Å². The number of hydrogen-bond donors (Lipinski definition) is 0. The van der Waals surface area contributed by atoms with Crippen LogP contribution in [0.5, 0.6) is 5.75 Å². The molecule has 0 radical (unpaired) electrons. The first kappa shape index (κ1) is 28.4. The molecule has 0 amide bonds. The zero-order chi connectivity index (χ0) is 28.4. The van der Waals surface area contributed by atoms with Crippen LogP contribution in [0.3, 0.4) is 0 Å². The van der Waals surface area contributed by atoms with Gasteiger partial charge >= 0.3 is 5.97 Å². The maximum atomic E-state index is 13.9. The van der Waals surface area contributed by atoms with Crippen LogP contribution in [0.1, 0.15) is 36.6 Å². The van der Waals surface area contributed by atoms with Crippen LogP contribution in [0, 0.1) is 0 Å². The number of aromatic nitrogens is 1. The van der Waals surface area contributed by atoms with E-state index in [4.69, 9.17) is 32.7 Å². The Bertz CT molecular complexity index is 1820. The SMILES string of the molecule is CCOC(=O)C1=C(C)N=c2sc(=Cc3cc(Br)ccc3OCc3ccc(Cl)cc3Cl)c(=O)n2[C@@H]1c1ccccc1. The second-order valence-electron chi connectivity index (χ2n) is 8.92. The Morgan fingerprint density at radius 1 is 1.12 bits per heavy atom. The van der Waals surface area contributed by atoms with E-state index in [1.54, 1.807) is 36.6 Å². The van der Waals surface area contributed by atoms with Crippen molar-refractivity contribution in [3.63, 3.8) is 0 Å². The number of halogens is 3. The highest BCUT2D eigenvalue weighted by Crippen LogP contribution is 2.31. The van der Waals surface area contributed by atoms with Crippen LogP contribution in [0.25, 0.3) is 6.08 Å². The first-order valence-corrected chi connectivity index (χ1v) is 14.7. The molecule has 0 fully saturated rings. The Kier molecular flexibility index (Phi) is 8.61. The third-order valence-corrected chi connectivity index (χ3v) is 8.35. The molecule has 1 atom stereocenters. The number of carbonyl (C=O) groups excluding carboxylic acids is 1. The van der Waals surface area contributed by atoms with E-state index in [-0.39, 0.29) is 18.8 Å². The van der Waals surface area contributed by atoms with Gasteiger partial charge in [0.2, 0.25) is 0 Å². The molecule has 1 aliphatic rings. The summed E-state index contributed by atoms with van der Waals surface area (Å²) in [6.45, 7) is 3.95. The van der Waals surface area contributed by atoms with Crippen molar-refractivity contribution in [1.29, 1.82) is 0 Å². The molecule has 6 nitrogen and oxygen atoms in total. The molecule has 10 heteroatoms. The fourth-order valence-corrected chi connectivity index (χ4v) is 6.32. The Morgan fingerprint density at radius 2 is 1.90 bits per heavy atom. The molecule has 0 saturated carbocycles. The molecule has 3 aromatic carbocycles. The van der Waals surface area contributed by atoms with E-state index in [1.807, 2.05) is 54.6 Å². The van der Waals surface area contributed by atoms with Crippen LogP contribution in [-0.2, 0) is 16.1 Å². The van der Waals surface area contributed by atoms with Crippen molar-refractivity contribution in [3.05, 3.63) is 129 Å². The van der Waals surface area contributed by atoms with Crippen LogP contribution in [0.15, 0.2) is 92.3 Å². The van der Waals surface area contributed by atoms with E-state index < -0.39 is 12.0 Å². The number of allylic oxidation sites excluding steroid dienone is 1. The van der Waals surface area contributed by atoms with Crippen molar-refractivity contribution in [1.82, 2.24) is 4.57 Å². The predicted molar refractivity (Wildman–Crippen MR) is 162 cm³/mol. The Morgan fingerprint density at radius 3 is 2.62 bits per heavy atom. The molecule has 0 aliphatic carbocycles. The second kappa shape index (κ2) is 12.1. The van der Waals surface area contributed by atoms with Gasteiger partial charge in [-0.1, -0.05) is 86.9 Å². The molecular weight excluding hydrogens is 635 g/mol. The standard InChI is InChI=1S/C30H23BrCl2N2O4S/c1-3-38-29(37)26-17(2)34-30-35(27(26)18-7-5-4-6-8-18)28(36)25(40-30)14-20-13-21(31)10-12-24(20)39-16-19-9-11-22(32)15-23(19)33/h4-15,27H,3,16H2,1-2H3/t27-/m1/s1. The van der Waals surface area contributed by atoms with Crippen molar-refractivity contribution in [3.8, 4) is 5.75 Å². The van der Waals surface area contributed by atoms with E-state index >= 15 is 0 Å². The molecule has 4 aromatic rings. The topological polar surface area (TPSA) is 69.9 Å². The van der Waals surface area contributed by atoms with Crippen LogP contribution >= 0.6 is 50.5 Å². The third-order valence-electron chi connectivity index (χ3n) is 6.29. The molecule has 204 valence electrons. The zero-order valence-electron chi connectivity index (χ0n) is 21.5. The first-order valence-electron chi connectivity index (χ1n) is 12.4. The van der Waals surface area contributed by atoms with Crippen molar-refractivity contribution in [2.45, 2.75) is 26.5 Å². The minimum Gasteiger partial charge on any atom is -0.488 e. The molecular formula is C30H23BrCl2N2O4S. The second-order valence-corrected chi connectivity index (χ2v) is 11.7. The Labute approximate surface area is 252 Å². The summed E-state index contributed by atoms with van der Waals surface area (Å²) in [6.07, 6.45) is 1.78. The zero-order valence-corrected chi connectivity index (χ0v) is 25.4. The summed E-state index contributed by atoms with van der Waals surface area (Å²) >= 11 is 17.1. The van der Waals surface area contributed by atoms with Gasteiger partial charge in [0.25, 0.3) is 5.56 Å². The largest absolute Gasteiger partial charge is 0.488 e. The van der Waals surface area contributed by atoms with Gasteiger partial charge in [-0.25, -0.2) is 9.79 Å². The molecule has 2 heterocycles. The first-order chi connectivity index (χ1) is 19.3. The lowest BCUT2D eigenvalue weighted by molar-refractivity contribution is -0.139. The average molecular weight is 658 g/mol. The molecule has 1 aromatic heterocycles. The van der Waals surface area contributed by atoms with Gasteiger partial charge in [-0.05, 0) is 55.8 Å². The van der Waals surface area contributed by atoms with Gasteiger partial charge in [0.05, 0.1) is 28.5 Å². The number of esters is 1. The highest BCUT2D eigenvalue weighted by Gasteiger charge is 2.33. The van der Waals surface area contributed by atoms with E-state index in [0.717, 1.165) is 15.6 Å². The molecule has 0 unspecified atom stereocenters. The lowest BCUT2D eigenvalue weighted by Crippen LogP contribution is -2.39. The molecule has 0 saturated heterocycles. The minimum absolute atomic E-state index is 0.217. The fraction of sp³-hybridized carbons (Fsp3) is 0.167. The highest BCUT2D eigenvalue weighted by atomic mass is 79.9. The van der Waals surface area contributed by atoms with E-state index in [0.29, 0.717) is 42.0 Å². The lowest BCUT2D eigenvalue weighted by Gasteiger charge is -2.24. The quantitative estimate of drug-likeness (QED) is 0.214. The number of fused-ring (bicyclic) bond motifs is 1. The van der Waals surface area contributed by atoms with Gasteiger partial charge in [0.1, 0.15) is 12.4 Å². The van der Waals surface area contributed by atoms with Crippen molar-refractivity contribution in [2.75, 3.05) is 6.61 Å². The summed E-state index contributed by atoms with van der Waals surface area (Å²) in [5.41, 5.74) is 2.87. The predicted octanol–water partition coefficient (Wildman–Crippen LogP) is 6.45. The van der Waals surface area contributed by atoms with Gasteiger partial charge in [0, 0.05) is 25.6 Å². The average Bonchev–Trinajstić information content (AvgIpc) is 3.23. The van der Waals surface area contributed by atoms with Gasteiger partial charge in [-0.15, -0.1) is 0 Å². The van der Waals surface area contributed by atoms with Crippen molar-refractivity contribution < 1.29 is 14.3 Å². The van der Waals surface area contributed by atoms with Crippen LogP contribution in [-0.4, -0.2) is 17.1 Å². The number of thiazole rings is 1. The number of carbonyl (C=O) groups is 1. The molecule has 1 aliphatic heterocycles. The molecule has 0 N–H and O–H groups in total. The molecule has 0 bridgehead atoms. The monoisotopic (exact) mass is 656 g/mol. The van der Waals surface area contributed by atoms with E-state index in [2.05, 4.69) is 20.9 Å². The fourth-order valence-electron chi connectivity index (χ4n) is 4.44. The number of benzene rings is 3. The number of hydrogen-bond acceptors (Lipinski definition) is 6. The summed E-state index contributed by atoms with van der Waals surface area (Å²) < 4.78 is 14.3. The minimum atomic E-state index is -0.663. The third kappa shape index (κ3) is 5.81. The maximum absolute atomic E-state index is 13.9. The number of nitrogens with zero attached hydrogens (tertiary/aromatic N) is 2. The van der Waals surface area contributed by atoms with Crippen LogP contribution < -0.4 is 19.6 Å². The highest BCUT2D eigenvalue weighted by molar-refractivity contribution is 9.10. The summed E-state index contributed by atoms with van der Waals surface area (Å²) in [7, 11) is 0. The maximum Gasteiger partial charge on any atom is 0.338 e. The Balaban J connectivity index is 1.60. The molecule has 40 heavy (non-hydrogen) atoms. The van der Waals surface area contributed by atoms with Crippen LogP contribution in [0.4, 0.5) is 0 Å². The van der Waals surface area contributed by atoms with Crippen molar-refractivity contribution in [2.24, 2.45) is 4.99 Å². The smallest absolute Gasteiger partial charge is 0.338 e. The van der Waals surface area contributed by atoms with Crippen molar-refractivity contribution >= 4 is 62.5 Å². The number of ether oxygens (including phenoxy) is 2. The summed E-state index contributed by atoms with van der Waals surface area (Å²) in [4.78, 5) is 32.1. The summed E-state index contributed by atoms with van der Waals surface area (Å²) in [5.74, 6) is 0.0819. The normalized spacial score (nSPS) is 15.0. The summed E-state index contributed by atoms with van der Waals surface area (Å²) in [5, 5.41) is 1.05. The lowest BCUT2D eigenvalue weighted by atomic mass is 9.96. The molecule has 5 rings (SSSR count). The van der Waals surface area contributed by atoms with Gasteiger partial charge < -0.3 is 9.47 Å². The van der Waals surface area contributed by atoms with Crippen LogP contribution in [0.2, 0.25) is 10.0 Å². The van der Waals surface area contributed by atoms with Gasteiger partial charge in [0.15, 0.2) is 4.80 Å². The van der Waals surface area contributed by atoms with E-state index in [1.165, 1.54) is 11.3 Å². The number of rotatable bonds is 7.